The Labute approximate surface area is 315 Å². The Bertz CT molecular complexity index is 2160. The van der Waals surface area contributed by atoms with Crippen LogP contribution >= 0.6 is 0 Å². The van der Waals surface area contributed by atoms with Crippen LogP contribution in [0.4, 0.5) is 0 Å². The fourth-order valence-electron chi connectivity index (χ4n) is 8.54. The van der Waals surface area contributed by atoms with Crippen LogP contribution in [0.1, 0.15) is 62.3 Å². The van der Waals surface area contributed by atoms with Crippen molar-refractivity contribution in [2.24, 2.45) is 10.8 Å². The second kappa shape index (κ2) is 14.8. The number of likely N-dealkylation sites (tertiary alicyclic amines) is 1. The average Bonchev–Trinajstić information content (AvgIpc) is 3.68. The highest BCUT2D eigenvalue weighted by atomic mass is 16.5. The summed E-state index contributed by atoms with van der Waals surface area (Å²) in [4.78, 5) is 2.69. The van der Waals surface area contributed by atoms with Gasteiger partial charge in [-0.3, -0.25) is 4.90 Å². The minimum Gasteiger partial charge on any atom is -0.492 e. The van der Waals surface area contributed by atoms with Crippen LogP contribution in [0.2, 0.25) is 0 Å². The summed E-state index contributed by atoms with van der Waals surface area (Å²) in [6, 6.07) is 45.2. The van der Waals surface area contributed by atoms with Crippen LogP contribution in [0.15, 0.2) is 127 Å². The second-order valence-electron chi connectivity index (χ2n) is 16.2. The van der Waals surface area contributed by atoms with Crippen molar-refractivity contribution >= 4 is 10.9 Å². The van der Waals surface area contributed by atoms with Gasteiger partial charge in [0, 0.05) is 42.3 Å². The molecule has 0 radical (unpaired) electrons. The maximum absolute atomic E-state index is 6.44. The molecule has 2 atom stereocenters. The molecule has 2 aliphatic rings. The van der Waals surface area contributed by atoms with E-state index >= 15 is 0 Å². The first-order chi connectivity index (χ1) is 25.7. The van der Waals surface area contributed by atoms with E-state index in [1.54, 1.807) is 0 Å². The lowest BCUT2D eigenvalue weighted by Gasteiger charge is -2.44. The summed E-state index contributed by atoms with van der Waals surface area (Å²) in [7, 11) is 0. The molecule has 8 rings (SSSR count). The van der Waals surface area contributed by atoms with E-state index in [4.69, 9.17) is 14.2 Å². The highest BCUT2D eigenvalue weighted by molar-refractivity contribution is 5.88. The van der Waals surface area contributed by atoms with Gasteiger partial charge in [0.25, 0.3) is 0 Å². The Hall–Kier alpha value is -5.00. The van der Waals surface area contributed by atoms with E-state index in [9.17, 15) is 0 Å². The molecule has 53 heavy (non-hydrogen) atoms. The molecule has 272 valence electrons. The summed E-state index contributed by atoms with van der Waals surface area (Å²) in [5.74, 6) is 2.70. The fourth-order valence-corrected chi connectivity index (χ4v) is 8.54. The number of benzene rings is 5. The maximum atomic E-state index is 6.44. The highest BCUT2D eigenvalue weighted by Gasteiger charge is 2.52. The minimum atomic E-state index is 0.407. The van der Waals surface area contributed by atoms with Gasteiger partial charge in [-0.1, -0.05) is 93.6 Å². The van der Waals surface area contributed by atoms with Crippen molar-refractivity contribution in [1.82, 2.24) is 9.47 Å². The molecule has 0 N–H and O–H groups in total. The molecule has 1 saturated heterocycles. The quantitative estimate of drug-likeness (QED) is 0.120. The van der Waals surface area contributed by atoms with Crippen LogP contribution in [0, 0.1) is 17.8 Å². The zero-order valence-corrected chi connectivity index (χ0v) is 31.7. The molecule has 1 aliphatic carbocycles. The van der Waals surface area contributed by atoms with Gasteiger partial charge in [0.2, 0.25) is 0 Å². The number of fused-ring (bicyclic) bond motifs is 3. The van der Waals surface area contributed by atoms with Crippen molar-refractivity contribution < 1.29 is 14.2 Å². The summed E-state index contributed by atoms with van der Waals surface area (Å²) < 4.78 is 21.2. The predicted octanol–water partition coefficient (Wildman–Crippen LogP) is 11.1. The van der Waals surface area contributed by atoms with E-state index in [-0.39, 0.29) is 0 Å². The Morgan fingerprint density at radius 2 is 1.36 bits per heavy atom. The van der Waals surface area contributed by atoms with Crippen molar-refractivity contribution in [3.63, 3.8) is 0 Å². The fraction of sp³-hybridized carbons (Fsp3) is 0.333. The van der Waals surface area contributed by atoms with Crippen LogP contribution in [0.5, 0.6) is 17.2 Å². The number of aromatic nitrogens is 1. The number of hydrogen-bond acceptors (Lipinski definition) is 4. The largest absolute Gasteiger partial charge is 0.492 e. The molecule has 2 heterocycles. The Morgan fingerprint density at radius 1 is 0.679 bits per heavy atom. The van der Waals surface area contributed by atoms with Gasteiger partial charge in [-0.25, -0.2) is 0 Å². The molecule has 1 saturated carbocycles. The summed E-state index contributed by atoms with van der Waals surface area (Å²) in [5, 5.41) is 1.15. The zero-order chi connectivity index (χ0) is 36.4. The first kappa shape index (κ1) is 35.1. The summed E-state index contributed by atoms with van der Waals surface area (Å²) in [5.41, 5.74) is 9.00. The first-order valence-corrected chi connectivity index (χ1v) is 19.3. The zero-order valence-electron chi connectivity index (χ0n) is 31.7. The smallest absolute Gasteiger partial charge is 0.122 e. The van der Waals surface area contributed by atoms with Crippen LogP contribution in [-0.2, 0) is 19.8 Å². The van der Waals surface area contributed by atoms with Gasteiger partial charge in [-0.15, -0.1) is 0 Å². The number of ether oxygens (including phenoxy) is 3. The molecular weight excluding hydrogens is 653 g/mol. The van der Waals surface area contributed by atoms with Crippen molar-refractivity contribution in [3.8, 4) is 28.5 Å². The van der Waals surface area contributed by atoms with Crippen molar-refractivity contribution in [3.05, 3.63) is 150 Å². The molecule has 0 spiro atoms. The van der Waals surface area contributed by atoms with Crippen LogP contribution in [0.25, 0.3) is 22.2 Å². The van der Waals surface area contributed by atoms with Crippen molar-refractivity contribution in [1.29, 1.82) is 0 Å². The lowest BCUT2D eigenvalue weighted by Crippen LogP contribution is -2.38. The minimum absolute atomic E-state index is 0.407. The van der Waals surface area contributed by atoms with Gasteiger partial charge < -0.3 is 18.8 Å². The molecule has 6 aromatic rings. The third-order valence-corrected chi connectivity index (χ3v) is 12.2. The molecule has 2 bridgehead atoms. The molecule has 5 aromatic carbocycles. The Morgan fingerprint density at radius 3 is 2.04 bits per heavy atom. The molecule has 2 unspecified atom stereocenters. The molecule has 2 fully saturated rings. The number of nitrogens with zero attached hydrogens (tertiary/aromatic N) is 2. The van der Waals surface area contributed by atoms with E-state index in [0.29, 0.717) is 30.1 Å². The van der Waals surface area contributed by atoms with Crippen molar-refractivity contribution in [2.45, 2.75) is 72.8 Å². The number of hydrogen-bond donors (Lipinski definition) is 0. The third-order valence-electron chi connectivity index (χ3n) is 12.2. The van der Waals surface area contributed by atoms with Gasteiger partial charge in [0.1, 0.15) is 37.1 Å². The normalized spacial score (nSPS) is 19.4. The molecule has 1 aromatic heterocycles. The molecule has 1 aliphatic heterocycles. The van der Waals surface area contributed by atoms with E-state index in [0.717, 1.165) is 64.7 Å². The predicted molar refractivity (Wildman–Crippen MR) is 216 cm³/mol. The molecule has 5 heteroatoms. The Balaban J connectivity index is 0.998. The van der Waals surface area contributed by atoms with Gasteiger partial charge in [0.05, 0.1) is 0 Å². The van der Waals surface area contributed by atoms with E-state index in [1.807, 2.05) is 36.4 Å². The van der Waals surface area contributed by atoms with E-state index in [2.05, 4.69) is 128 Å². The van der Waals surface area contributed by atoms with Gasteiger partial charge in [0.15, 0.2) is 0 Å². The lowest BCUT2D eigenvalue weighted by atomic mass is 9.60. The molecule has 0 amide bonds. The van der Waals surface area contributed by atoms with E-state index < -0.39 is 0 Å². The summed E-state index contributed by atoms with van der Waals surface area (Å²) in [6.45, 7) is 14.3. The SMILES string of the molecule is Cc1cc(Cn2c(-c3ccc(OCc4ccccc4)cc3)cc3cc(OCc4ccccc4)ccc32)ccc1OCCN1CC2(C)CC1CCC2(C)C. The second-order valence-corrected chi connectivity index (χ2v) is 16.2. The third kappa shape index (κ3) is 7.59. The van der Waals surface area contributed by atoms with Crippen molar-refractivity contribution in [2.75, 3.05) is 19.7 Å². The monoisotopic (exact) mass is 704 g/mol. The standard InChI is InChI=1S/C48H52N2O3/c1-35-27-38(15-22-46(35)51-26-25-49-34-48(4)30-41(49)23-24-47(48,2)3)31-50-44-21-20-43(53-33-37-13-9-6-10-14-37)28-40(44)29-45(50)39-16-18-42(19-17-39)52-32-36-11-7-5-8-12-36/h5-22,27-29,41H,23-26,30-34H2,1-4H3. The summed E-state index contributed by atoms with van der Waals surface area (Å²) in [6.07, 6.45) is 3.95. The van der Waals surface area contributed by atoms with Gasteiger partial charge in [-0.05, 0) is 119 Å². The number of rotatable bonds is 13. The summed E-state index contributed by atoms with van der Waals surface area (Å²) >= 11 is 0. The van der Waals surface area contributed by atoms with Gasteiger partial charge in [-0.2, -0.15) is 0 Å². The number of aryl methyl sites for hydroxylation is 1. The Kier molecular flexibility index (Phi) is 9.78. The van der Waals surface area contributed by atoms with Gasteiger partial charge >= 0.3 is 0 Å². The van der Waals surface area contributed by atoms with Crippen LogP contribution in [-0.4, -0.2) is 35.2 Å². The average molecular weight is 705 g/mol. The van der Waals surface area contributed by atoms with E-state index in [1.165, 1.54) is 42.5 Å². The maximum Gasteiger partial charge on any atom is 0.122 e. The van der Waals surface area contributed by atoms with Crippen LogP contribution in [0.3, 0.4) is 0 Å². The molecular formula is C48H52N2O3. The topological polar surface area (TPSA) is 35.9 Å². The van der Waals surface area contributed by atoms with Crippen LogP contribution < -0.4 is 14.2 Å². The first-order valence-electron chi connectivity index (χ1n) is 19.3. The highest BCUT2D eigenvalue weighted by Crippen LogP contribution is 2.55. The lowest BCUT2D eigenvalue weighted by molar-refractivity contribution is 0.0708. The molecule has 5 nitrogen and oxygen atoms in total.